The largest absolute Gasteiger partial charge is 0.391 e. The van der Waals surface area contributed by atoms with E-state index in [2.05, 4.69) is 9.82 Å². The molecule has 8 heteroatoms. The number of nitrogens with one attached hydrogen (secondary N) is 1. The van der Waals surface area contributed by atoms with Gasteiger partial charge in [0.25, 0.3) is 0 Å². The van der Waals surface area contributed by atoms with Crippen molar-refractivity contribution in [2.24, 2.45) is 7.05 Å². The van der Waals surface area contributed by atoms with Crippen LogP contribution in [0.5, 0.6) is 0 Å². The van der Waals surface area contributed by atoms with Gasteiger partial charge in [-0.1, -0.05) is 19.3 Å². The van der Waals surface area contributed by atoms with Gasteiger partial charge in [0.2, 0.25) is 10.0 Å². The zero-order chi connectivity index (χ0) is 14.0. The molecule has 2 atom stereocenters. The third-order valence-corrected chi connectivity index (χ3v) is 4.90. The molecule has 7 nitrogen and oxygen atoms in total. The van der Waals surface area contributed by atoms with Gasteiger partial charge in [0, 0.05) is 19.3 Å². The predicted molar refractivity (Wildman–Crippen MR) is 70.8 cm³/mol. The molecule has 1 aromatic rings. The summed E-state index contributed by atoms with van der Waals surface area (Å²) in [5.74, 6) is -0.0295. The average Bonchev–Trinajstić information content (AvgIpc) is 2.54. The maximum absolute atomic E-state index is 12.2. The van der Waals surface area contributed by atoms with E-state index in [0.717, 1.165) is 19.3 Å². The van der Waals surface area contributed by atoms with E-state index in [0.29, 0.717) is 12.8 Å². The van der Waals surface area contributed by atoms with Crippen molar-refractivity contribution in [1.29, 1.82) is 0 Å². The molecule has 0 aliphatic heterocycles. The predicted octanol–water partition coefficient (Wildman–Crippen LogP) is -0.0258. The van der Waals surface area contributed by atoms with Gasteiger partial charge in [0.15, 0.2) is 5.82 Å². The van der Waals surface area contributed by atoms with Crippen molar-refractivity contribution < 1.29 is 13.5 Å². The second-order valence-electron chi connectivity index (χ2n) is 4.99. The maximum Gasteiger partial charge on any atom is 0.246 e. The number of hydrogen-bond donors (Lipinski definition) is 3. The van der Waals surface area contributed by atoms with Crippen molar-refractivity contribution in [3.05, 3.63) is 6.20 Å². The van der Waals surface area contributed by atoms with Crippen LogP contribution in [0, 0.1) is 0 Å². The third-order valence-electron chi connectivity index (χ3n) is 3.40. The lowest BCUT2D eigenvalue weighted by Gasteiger charge is -2.21. The van der Waals surface area contributed by atoms with Crippen molar-refractivity contribution in [1.82, 2.24) is 14.5 Å². The van der Waals surface area contributed by atoms with E-state index in [1.54, 1.807) is 7.05 Å². The van der Waals surface area contributed by atoms with E-state index in [1.807, 2.05) is 0 Å². The van der Waals surface area contributed by atoms with Gasteiger partial charge in [-0.3, -0.25) is 4.68 Å². The Bertz CT molecular complexity index is 540. The quantitative estimate of drug-likeness (QED) is 0.677. The fraction of sp³-hybridized carbons (Fsp3) is 0.727. The van der Waals surface area contributed by atoms with Crippen molar-refractivity contribution >= 4 is 15.8 Å². The number of nitrogens with zero attached hydrogens (tertiary/aromatic N) is 2. The van der Waals surface area contributed by atoms with Crippen LogP contribution in [0.2, 0.25) is 0 Å². The third kappa shape index (κ3) is 3.26. The zero-order valence-electron chi connectivity index (χ0n) is 10.9. The summed E-state index contributed by atoms with van der Waals surface area (Å²) in [5, 5.41) is 13.8. The lowest BCUT2D eigenvalue weighted by molar-refractivity contribution is 0.130. The molecule has 1 heterocycles. The summed E-state index contributed by atoms with van der Waals surface area (Å²) in [5.41, 5.74) is 5.58. The number of aryl methyl sites for hydroxylation is 1. The molecule has 1 saturated carbocycles. The molecule has 2 rings (SSSR count). The number of aliphatic hydroxyl groups is 1. The SMILES string of the molecule is Cn1cc(S(=O)(=O)NC2CCCCCC2O)c(N)n1. The minimum absolute atomic E-state index is 0.0295. The maximum atomic E-state index is 12.2. The molecule has 1 fully saturated rings. The molecule has 4 N–H and O–H groups in total. The fourth-order valence-corrected chi connectivity index (χ4v) is 3.79. The summed E-state index contributed by atoms with van der Waals surface area (Å²) in [7, 11) is -2.13. The van der Waals surface area contributed by atoms with Crippen molar-refractivity contribution in [3.8, 4) is 0 Å². The minimum Gasteiger partial charge on any atom is -0.391 e. The van der Waals surface area contributed by atoms with Gasteiger partial charge in [-0.05, 0) is 12.8 Å². The monoisotopic (exact) mass is 288 g/mol. The number of nitrogen functional groups attached to an aromatic ring is 1. The van der Waals surface area contributed by atoms with Crippen LogP contribution in [-0.4, -0.2) is 35.5 Å². The molecular weight excluding hydrogens is 268 g/mol. The summed E-state index contributed by atoms with van der Waals surface area (Å²) >= 11 is 0. The molecule has 0 radical (unpaired) electrons. The van der Waals surface area contributed by atoms with Gasteiger partial charge >= 0.3 is 0 Å². The normalized spacial score (nSPS) is 25.2. The van der Waals surface area contributed by atoms with E-state index < -0.39 is 22.2 Å². The van der Waals surface area contributed by atoms with Gasteiger partial charge in [-0.25, -0.2) is 13.1 Å². The Labute approximate surface area is 112 Å². The highest BCUT2D eigenvalue weighted by molar-refractivity contribution is 7.89. The van der Waals surface area contributed by atoms with Gasteiger partial charge in [-0.15, -0.1) is 0 Å². The first-order chi connectivity index (χ1) is 8.90. The number of nitrogens with two attached hydrogens (primary N) is 1. The molecule has 0 amide bonds. The molecule has 1 aliphatic rings. The Morgan fingerprint density at radius 3 is 2.74 bits per heavy atom. The van der Waals surface area contributed by atoms with E-state index in [-0.39, 0.29) is 10.7 Å². The second kappa shape index (κ2) is 5.48. The Balaban J connectivity index is 2.18. The Morgan fingerprint density at radius 2 is 2.11 bits per heavy atom. The van der Waals surface area contributed by atoms with E-state index in [4.69, 9.17) is 5.73 Å². The van der Waals surface area contributed by atoms with Gasteiger partial charge in [0.05, 0.1) is 6.10 Å². The highest BCUT2D eigenvalue weighted by atomic mass is 32.2. The van der Waals surface area contributed by atoms with Crippen LogP contribution in [-0.2, 0) is 17.1 Å². The highest BCUT2D eigenvalue weighted by Crippen LogP contribution is 2.21. The summed E-state index contributed by atoms with van der Waals surface area (Å²) in [6.07, 6.45) is 4.83. The van der Waals surface area contributed by atoms with Crippen molar-refractivity contribution in [3.63, 3.8) is 0 Å². The van der Waals surface area contributed by atoms with Gasteiger partial charge in [-0.2, -0.15) is 5.10 Å². The molecule has 0 aromatic carbocycles. The van der Waals surface area contributed by atoms with Crippen LogP contribution in [0.25, 0.3) is 0 Å². The smallest absolute Gasteiger partial charge is 0.246 e. The molecule has 1 aliphatic carbocycles. The first-order valence-electron chi connectivity index (χ1n) is 6.39. The van der Waals surface area contributed by atoms with Crippen molar-refractivity contribution in [2.45, 2.75) is 49.1 Å². The van der Waals surface area contributed by atoms with Crippen LogP contribution in [0.15, 0.2) is 11.1 Å². The molecule has 108 valence electrons. The molecule has 1 aromatic heterocycles. The van der Waals surface area contributed by atoms with E-state index in [1.165, 1.54) is 10.9 Å². The molecule has 2 unspecified atom stereocenters. The first kappa shape index (κ1) is 14.3. The molecule has 0 saturated heterocycles. The summed E-state index contributed by atoms with van der Waals surface area (Å²) in [6, 6.07) is -0.452. The van der Waals surface area contributed by atoms with Crippen molar-refractivity contribution in [2.75, 3.05) is 5.73 Å². The fourth-order valence-electron chi connectivity index (χ4n) is 2.38. The molecule has 19 heavy (non-hydrogen) atoms. The topological polar surface area (TPSA) is 110 Å². The number of rotatable bonds is 3. The van der Waals surface area contributed by atoms with Crippen LogP contribution in [0.1, 0.15) is 32.1 Å². The standard InChI is InChI=1S/C11H20N4O3S/c1-15-7-10(11(12)13-15)19(17,18)14-8-5-3-2-4-6-9(8)16/h7-9,14,16H,2-6H2,1H3,(H2,12,13). The summed E-state index contributed by atoms with van der Waals surface area (Å²) < 4.78 is 28.4. The number of aromatic nitrogens is 2. The number of aliphatic hydroxyl groups excluding tert-OH is 1. The Morgan fingerprint density at radius 1 is 1.42 bits per heavy atom. The minimum atomic E-state index is -3.74. The van der Waals surface area contributed by atoms with Crippen LogP contribution < -0.4 is 10.5 Å². The number of anilines is 1. The van der Waals surface area contributed by atoms with Gasteiger partial charge in [0.1, 0.15) is 4.90 Å². The highest BCUT2D eigenvalue weighted by Gasteiger charge is 2.29. The number of hydrogen-bond acceptors (Lipinski definition) is 5. The molecule has 0 spiro atoms. The average molecular weight is 288 g/mol. The lowest BCUT2D eigenvalue weighted by Crippen LogP contribution is -2.42. The van der Waals surface area contributed by atoms with Crippen LogP contribution in [0.4, 0.5) is 5.82 Å². The lowest BCUT2D eigenvalue weighted by atomic mass is 10.1. The molecule has 0 bridgehead atoms. The number of sulfonamides is 1. The summed E-state index contributed by atoms with van der Waals surface area (Å²) in [4.78, 5) is -0.0357. The van der Waals surface area contributed by atoms with E-state index in [9.17, 15) is 13.5 Å². The second-order valence-corrected chi connectivity index (χ2v) is 6.67. The van der Waals surface area contributed by atoms with Crippen LogP contribution >= 0.6 is 0 Å². The first-order valence-corrected chi connectivity index (χ1v) is 7.88. The zero-order valence-corrected chi connectivity index (χ0v) is 11.7. The Hall–Kier alpha value is -1.12. The summed E-state index contributed by atoms with van der Waals surface area (Å²) in [6.45, 7) is 0. The van der Waals surface area contributed by atoms with Gasteiger partial charge < -0.3 is 10.8 Å². The van der Waals surface area contributed by atoms with E-state index >= 15 is 0 Å². The van der Waals surface area contributed by atoms with Crippen LogP contribution in [0.3, 0.4) is 0 Å². The molecular formula is C11H20N4O3S. The Kier molecular flexibility index (Phi) is 4.12.